The Kier molecular flexibility index (Phi) is 5.11. The Balaban J connectivity index is 1.81. The van der Waals surface area contributed by atoms with Crippen molar-refractivity contribution in [2.24, 2.45) is 0 Å². The second-order valence-electron chi connectivity index (χ2n) is 6.17. The van der Waals surface area contributed by atoms with Crippen molar-refractivity contribution in [3.05, 3.63) is 53.6 Å². The number of methoxy groups -OCH3 is 1. The van der Waals surface area contributed by atoms with Crippen LogP contribution in [0.1, 0.15) is 18.4 Å². The molecule has 0 bridgehead atoms. The summed E-state index contributed by atoms with van der Waals surface area (Å²) in [7, 11) is 1.57. The molecule has 1 saturated heterocycles. The lowest BCUT2D eigenvalue weighted by molar-refractivity contribution is 0.0792. The summed E-state index contributed by atoms with van der Waals surface area (Å²) in [5.41, 5.74) is 2.40. The molecule has 0 unspecified atom stereocenters. The molecule has 2 aromatic carbocycles. The second-order valence-corrected chi connectivity index (χ2v) is 6.17. The van der Waals surface area contributed by atoms with Crippen LogP contribution in [0.3, 0.4) is 0 Å². The van der Waals surface area contributed by atoms with Crippen LogP contribution in [0.15, 0.2) is 36.4 Å². The number of nitrogens with zero attached hydrogens (tertiary/aromatic N) is 1. The number of benzene rings is 2. The van der Waals surface area contributed by atoms with E-state index in [9.17, 15) is 13.9 Å². The van der Waals surface area contributed by atoms with Gasteiger partial charge in [0.1, 0.15) is 5.75 Å². The summed E-state index contributed by atoms with van der Waals surface area (Å²) in [4.78, 5) is 2.29. The van der Waals surface area contributed by atoms with Gasteiger partial charge < -0.3 is 9.84 Å². The Hall–Kier alpha value is -1.98. The van der Waals surface area contributed by atoms with E-state index in [4.69, 9.17) is 4.74 Å². The van der Waals surface area contributed by atoms with Gasteiger partial charge in [-0.2, -0.15) is 0 Å². The van der Waals surface area contributed by atoms with Crippen LogP contribution in [0.25, 0.3) is 11.1 Å². The molecule has 5 heteroatoms. The predicted molar refractivity (Wildman–Crippen MR) is 88.9 cm³/mol. The summed E-state index contributed by atoms with van der Waals surface area (Å²) in [6.45, 7) is 2.52. The van der Waals surface area contributed by atoms with Crippen molar-refractivity contribution in [1.29, 1.82) is 0 Å². The fraction of sp³-hybridized carbons (Fsp3) is 0.368. The minimum absolute atomic E-state index is 0.188. The molecule has 3 nitrogen and oxygen atoms in total. The van der Waals surface area contributed by atoms with Crippen LogP contribution in [0.2, 0.25) is 0 Å². The third-order valence-electron chi connectivity index (χ3n) is 4.46. The zero-order valence-electron chi connectivity index (χ0n) is 13.6. The van der Waals surface area contributed by atoms with Crippen molar-refractivity contribution in [1.82, 2.24) is 4.90 Å². The van der Waals surface area contributed by atoms with E-state index in [-0.39, 0.29) is 6.10 Å². The molecule has 0 aromatic heterocycles. The van der Waals surface area contributed by atoms with Crippen molar-refractivity contribution in [2.75, 3.05) is 20.2 Å². The molecule has 0 aliphatic carbocycles. The van der Waals surface area contributed by atoms with Crippen LogP contribution in [-0.4, -0.2) is 36.3 Å². The van der Waals surface area contributed by atoms with Gasteiger partial charge >= 0.3 is 0 Å². The average Bonchev–Trinajstić information content (AvgIpc) is 2.59. The zero-order valence-corrected chi connectivity index (χ0v) is 13.6. The van der Waals surface area contributed by atoms with E-state index in [1.54, 1.807) is 13.2 Å². The third-order valence-corrected chi connectivity index (χ3v) is 4.46. The van der Waals surface area contributed by atoms with Gasteiger partial charge in [0.2, 0.25) is 0 Å². The number of ether oxygens (including phenoxy) is 1. The smallest absolute Gasteiger partial charge is 0.159 e. The third kappa shape index (κ3) is 3.74. The minimum atomic E-state index is -0.870. The molecule has 1 heterocycles. The summed E-state index contributed by atoms with van der Waals surface area (Å²) in [5.74, 6) is -1.09. The van der Waals surface area contributed by atoms with Crippen LogP contribution >= 0.6 is 0 Å². The van der Waals surface area contributed by atoms with Gasteiger partial charge in [0.25, 0.3) is 0 Å². The summed E-state index contributed by atoms with van der Waals surface area (Å²) in [6.07, 6.45) is 1.40. The van der Waals surface area contributed by atoms with Gasteiger partial charge in [-0.15, -0.1) is 0 Å². The number of piperidine rings is 1. The second kappa shape index (κ2) is 7.28. The number of hydrogen-bond acceptors (Lipinski definition) is 3. The van der Waals surface area contributed by atoms with Gasteiger partial charge in [-0.3, -0.25) is 4.90 Å². The summed E-state index contributed by atoms with van der Waals surface area (Å²) < 4.78 is 32.0. The molecule has 1 N–H and O–H groups in total. The lowest BCUT2D eigenvalue weighted by atomic mass is 10.0. The van der Waals surface area contributed by atoms with E-state index in [1.807, 2.05) is 18.2 Å². The first-order valence-electron chi connectivity index (χ1n) is 8.09. The van der Waals surface area contributed by atoms with Gasteiger partial charge in [0.15, 0.2) is 11.6 Å². The number of aliphatic hydroxyl groups excluding tert-OH is 1. The molecule has 1 fully saturated rings. The van der Waals surface area contributed by atoms with Crippen molar-refractivity contribution < 1.29 is 18.6 Å². The highest BCUT2D eigenvalue weighted by atomic mass is 19.2. The van der Waals surface area contributed by atoms with Gasteiger partial charge in [-0.1, -0.05) is 18.2 Å². The monoisotopic (exact) mass is 333 g/mol. The molecule has 0 radical (unpaired) electrons. The Labute approximate surface area is 140 Å². The maximum Gasteiger partial charge on any atom is 0.159 e. The van der Waals surface area contributed by atoms with E-state index < -0.39 is 11.6 Å². The Bertz CT molecular complexity index is 713. The summed E-state index contributed by atoms with van der Waals surface area (Å²) in [5, 5.41) is 9.58. The van der Waals surface area contributed by atoms with Crippen molar-refractivity contribution >= 4 is 0 Å². The predicted octanol–water partition coefficient (Wildman–Crippen LogP) is 3.60. The highest BCUT2D eigenvalue weighted by Gasteiger charge is 2.17. The molecular weight excluding hydrogens is 312 g/mol. The van der Waals surface area contributed by atoms with Gasteiger partial charge in [0.05, 0.1) is 13.2 Å². The molecule has 3 rings (SSSR count). The molecule has 1 aliphatic heterocycles. The molecule has 2 aromatic rings. The van der Waals surface area contributed by atoms with Crippen molar-refractivity contribution in [2.45, 2.75) is 25.5 Å². The number of aliphatic hydroxyl groups is 1. The van der Waals surface area contributed by atoms with Gasteiger partial charge in [0, 0.05) is 25.2 Å². The molecule has 0 saturated carbocycles. The highest BCUT2D eigenvalue weighted by Crippen LogP contribution is 2.32. The SMILES string of the molecule is COc1cc(CN2CCC(O)CC2)ccc1-c1ccc(F)c(F)c1. The number of rotatable bonds is 4. The zero-order chi connectivity index (χ0) is 17.1. The Morgan fingerprint density at radius 2 is 1.83 bits per heavy atom. The molecule has 0 amide bonds. The highest BCUT2D eigenvalue weighted by molar-refractivity contribution is 5.71. The normalized spacial score (nSPS) is 16.3. The van der Waals surface area contributed by atoms with E-state index in [1.165, 1.54) is 6.07 Å². The largest absolute Gasteiger partial charge is 0.496 e. The lowest BCUT2D eigenvalue weighted by Crippen LogP contribution is -2.35. The number of hydrogen-bond donors (Lipinski definition) is 1. The first-order valence-corrected chi connectivity index (χ1v) is 8.09. The minimum Gasteiger partial charge on any atom is -0.496 e. The van der Waals surface area contributed by atoms with E-state index >= 15 is 0 Å². The summed E-state index contributed by atoms with van der Waals surface area (Å²) >= 11 is 0. The molecule has 128 valence electrons. The van der Waals surface area contributed by atoms with Crippen LogP contribution < -0.4 is 4.74 Å². The van der Waals surface area contributed by atoms with Crippen molar-refractivity contribution in [3.8, 4) is 16.9 Å². The maximum absolute atomic E-state index is 13.5. The maximum atomic E-state index is 13.5. The van der Waals surface area contributed by atoms with Gasteiger partial charge in [-0.25, -0.2) is 8.78 Å². The van der Waals surface area contributed by atoms with E-state index in [0.717, 1.165) is 49.7 Å². The fourth-order valence-electron chi connectivity index (χ4n) is 3.07. The van der Waals surface area contributed by atoms with Crippen LogP contribution in [0, 0.1) is 11.6 Å². The quantitative estimate of drug-likeness (QED) is 0.928. The lowest BCUT2D eigenvalue weighted by Gasteiger charge is -2.29. The van der Waals surface area contributed by atoms with Crippen LogP contribution in [-0.2, 0) is 6.54 Å². The molecule has 1 aliphatic rings. The van der Waals surface area contributed by atoms with Crippen LogP contribution in [0.4, 0.5) is 8.78 Å². The molecule has 0 spiro atoms. The fourth-order valence-corrected chi connectivity index (χ4v) is 3.07. The first-order chi connectivity index (χ1) is 11.6. The molecular formula is C19H21F2NO2. The van der Waals surface area contributed by atoms with Crippen LogP contribution in [0.5, 0.6) is 5.75 Å². The number of halogens is 2. The average molecular weight is 333 g/mol. The first kappa shape index (κ1) is 16.9. The Morgan fingerprint density at radius 1 is 1.08 bits per heavy atom. The topological polar surface area (TPSA) is 32.7 Å². The number of likely N-dealkylation sites (tertiary alicyclic amines) is 1. The molecule has 0 atom stereocenters. The Morgan fingerprint density at radius 3 is 2.50 bits per heavy atom. The van der Waals surface area contributed by atoms with E-state index in [0.29, 0.717) is 11.3 Å². The van der Waals surface area contributed by atoms with Gasteiger partial charge in [-0.05, 0) is 42.2 Å². The van der Waals surface area contributed by atoms with Crippen molar-refractivity contribution in [3.63, 3.8) is 0 Å². The van der Waals surface area contributed by atoms with E-state index in [2.05, 4.69) is 4.90 Å². The summed E-state index contributed by atoms with van der Waals surface area (Å²) in [6, 6.07) is 9.63. The standard InChI is InChI=1S/C19H21F2NO2/c1-24-19-10-13(12-22-8-6-15(23)7-9-22)2-4-16(19)14-3-5-17(20)18(21)11-14/h2-5,10-11,15,23H,6-9,12H2,1H3. The molecule has 24 heavy (non-hydrogen) atoms.